The van der Waals surface area contributed by atoms with Crippen LogP contribution in [0.4, 0.5) is 0 Å². The average Bonchev–Trinajstić information content (AvgIpc) is 3.03. The van der Waals surface area contributed by atoms with Crippen LogP contribution in [0.5, 0.6) is 0 Å². The van der Waals surface area contributed by atoms with E-state index in [9.17, 15) is 0 Å². The van der Waals surface area contributed by atoms with Crippen LogP contribution in [-0.2, 0) is 16.0 Å². The first-order chi connectivity index (χ1) is 11.8. The zero-order valence-electron chi connectivity index (χ0n) is 14.2. The Morgan fingerprint density at radius 1 is 1.21 bits per heavy atom. The van der Waals surface area contributed by atoms with Crippen molar-refractivity contribution in [1.29, 1.82) is 0 Å². The van der Waals surface area contributed by atoms with Gasteiger partial charge in [-0.1, -0.05) is 18.2 Å². The molecule has 2 aromatic rings. The van der Waals surface area contributed by atoms with E-state index < -0.39 is 0 Å². The summed E-state index contributed by atoms with van der Waals surface area (Å²) >= 11 is 0. The summed E-state index contributed by atoms with van der Waals surface area (Å²) in [5.41, 5.74) is 1.30. The van der Waals surface area contributed by atoms with Crippen LogP contribution in [0.15, 0.2) is 30.5 Å². The minimum atomic E-state index is 0.0757. The molecule has 2 fully saturated rings. The number of benzene rings is 1. The number of para-hydroxylation sites is 1. The van der Waals surface area contributed by atoms with Crippen molar-refractivity contribution in [3.63, 3.8) is 0 Å². The van der Waals surface area contributed by atoms with Crippen molar-refractivity contribution in [3.8, 4) is 0 Å². The highest BCUT2D eigenvalue weighted by atomic mass is 16.5. The van der Waals surface area contributed by atoms with Gasteiger partial charge in [0.1, 0.15) is 0 Å². The Balaban J connectivity index is 1.25. The number of ether oxygens (including phenoxy) is 2. The maximum absolute atomic E-state index is 6.12. The van der Waals surface area contributed by atoms with Gasteiger partial charge in [-0.05, 0) is 44.7 Å². The molecule has 0 saturated carbocycles. The molecule has 1 N–H and O–H groups in total. The van der Waals surface area contributed by atoms with Crippen molar-refractivity contribution in [3.05, 3.63) is 30.5 Å². The van der Waals surface area contributed by atoms with Gasteiger partial charge in [0.2, 0.25) is 0 Å². The number of aromatic nitrogens is 2. The van der Waals surface area contributed by atoms with Crippen LogP contribution in [0, 0.1) is 0 Å². The van der Waals surface area contributed by atoms with Crippen LogP contribution in [-0.4, -0.2) is 47.8 Å². The predicted molar refractivity (Wildman–Crippen MR) is 94.1 cm³/mol. The first-order valence-electron chi connectivity index (χ1n) is 9.20. The highest BCUT2D eigenvalue weighted by molar-refractivity contribution is 5.78. The minimum Gasteiger partial charge on any atom is -0.381 e. The number of rotatable bonds is 5. The van der Waals surface area contributed by atoms with Gasteiger partial charge < -0.3 is 14.8 Å². The number of nitrogens with zero attached hydrogens (tertiary/aromatic N) is 2. The third-order valence-electron chi connectivity index (χ3n) is 5.43. The number of aryl methyl sites for hydroxylation is 1. The molecule has 0 aliphatic carbocycles. The van der Waals surface area contributed by atoms with Gasteiger partial charge in [0.25, 0.3) is 0 Å². The standard InChI is InChI=1S/C19H27N3O2/c1-2-5-18-16(4-1)15-21-22(18)10-3-9-20-17-6-11-24-19(14-17)7-12-23-13-8-19/h1-2,4-5,15,17,20H,3,6-14H2/t17-/m1/s1. The summed E-state index contributed by atoms with van der Waals surface area (Å²) in [6.45, 7) is 4.56. The van der Waals surface area contributed by atoms with Crippen molar-refractivity contribution >= 4 is 10.9 Å². The number of hydrogen-bond acceptors (Lipinski definition) is 4. The van der Waals surface area contributed by atoms with Crippen molar-refractivity contribution < 1.29 is 9.47 Å². The summed E-state index contributed by atoms with van der Waals surface area (Å²) in [4.78, 5) is 0. The monoisotopic (exact) mass is 329 g/mol. The number of nitrogens with one attached hydrogen (secondary N) is 1. The predicted octanol–water partition coefficient (Wildman–Crippen LogP) is 2.74. The summed E-state index contributed by atoms with van der Waals surface area (Å²) in [7, 11) is 0. The molecule has 130 valence electrons. The molecule has 24 heavy (non-hydrogen) atoms. The second-order valence-electron chi connectivity index (χ2n) is 7.07. The molecule has 0 radical (unpaired) electrons. The Morgan fingerprint density at radius 3 is 3.00 bits per heavy atom. The molecule has 2 aliphatic rings. The van der Waals surface area contributed by atoms with Crippen molar-refractivity contribution in [2.24, 2.45) is 0 Å². The molecule has 1 aromatic carbocycles. The first-order valence-corrected chi connectivity index (χ1v) is 9.20. The van der Waals surface area contributed by atoms with E-state index in [1.165, 1.54) is 10.9 Å². The topological polar surface area (TPSA) is 48.3 Å². The molecule has 5 heteroatoms. The first kappa shape index (κ1) is 16.1. The lowest BCUT2D eigenvalue weighted by atomic mass is 9.84. The van der Waals surface area contributed by atoms with Gasteiger partial charge in [-0.15, -0.1) is 0 Å². The highest BCUT2D eigenvalue weighted by Gasteiger charge is 2.38. The van der Waals surface area contributed by atoms with Crippen LogP contribution in [0.1, 0.15) is 32.1 Å². The van der Waals surface area contributed by atoms with Gasteiger partial charge >= 0.3 is 0 Å². The molecule has 1 atom stereocenters. The van der Waals surface area contributed by atoms with E-state index in [1.807, 2.05) is 6.20 Å². The van der Waals surface area contributed by atoms with Crippen LogP contribution < -0.4 is 5.32 Å². The Morgan fingerprint density at radius 2 is 2.08 bits per heavy atom. The van der Waals surface area contributed by atoms with Crippen LogP contribution in [0.25, 0.3) is 10.9 Å². The summed E-state index contributed by atoms with van der Waals surface area (Å²) < 4.78 is 13.7. The maximum Gasteiger partial charge on any atom is 0.0741 e. The van der Waals surface area contributed by atoms with E-state index in [0.29, 0.717) is 6.04 Å². The summed E-state index contributed by atoms with van der Waals surface area (Å²) in [6, 6.07) is 8.97. The summed E-state index contributed by atoms with van der Waals surface area (Å²) in [5, 5.41) is 9.46. The van der Waals surface area contributed by atoms with E-state index in [1.54, 1.807) is 0 Å². The summed E-state index contributed by atoms with van der Waals surface area (Å²) in [6.07, 6.45) is 7.39. The molecule has 0 unspecified atom stereocenters. The summed E-state index contributed by atoms with van der Waals surface area (Å²) in [5.74, 6) is 0. The molecule has 1 aromatic heterocycles. The van der Waals surface area contributed by atoms with E-state index in [4.69, 9.17) is 9.47 Å². The maximum atomic E-state index is 6.12. The fourth-order valence-electron chi connectivity index (χ4n) is 4.03. The lowest BCUT2D eigenvalue weighted by molar-refractivity contribution is -0.140. The Kier molecular flexibility index (Phi) is 4.83. The SMILES string of the molecule is c1ccc2c(c1)cnn2CCCN[C@@H]1CCOC2(CCOCC2)C1. The van der Waals surface area contributed by atoms with Gasteiger partial charge in [0.05, 0.1) is 17.3 Å². The zero-order valence-corrected chi connectivity index (χ0v) is 14.2. The Hall–Kier alpha value is -1.43. The van der Waals surface area contributed by atoms with Gasteiger partial charge in [-0.25, -0.2) is 0 Å². The molecule has 2 aliphatic heterocycles. The quantitative estimate of drug-likeness (QED) is 0.857. The fraction of sp³-hybridized carbons (Fsp3) is 0.632. The van der Waals surface area contributed by atoms with E-state index in [2.05, 4.69) is 39.4 Å². The third kappa shape index (κ3) is 3.48. The number of fused-ring (bicyclic) bond motifs is 1. The van der Waals surface area contributed by atoms with Crippen LogP contribution in [0.2, 0.25) is 0 Å². The van der Waals surface area contributed by atoms with E-state index in [-0.39, 0.29) is 5.60 Å². The van der Waals surface area contributed by atoms with Gasteiger partial charge in [0, 0.05) is 37.8 Å². The van der Waals surface area contributed by atoms with Crippen LogP contribution >= 0.6 is 0 Å². The highest BCUT2D eigenvalue weighted by Crippen LogP contribution is 2.34. The van der Waals surface area contributed by atoms with Crippen molar-refractivity contribution in [1.82, 2.24) is 15.1 Å². The lowest BCUT2D eigenvalue weighted by Crippen LogP contribution is -2.50. The molecule has 5 nitrogen and oxygen atoms in total. The molecule has 0 bridgehead atoms. The Labute approximate surface area is 143 Å². The minimum absolute atomic E-state index is 0.0757. The second kappa shape index (κ2) is 7.21. The average molecular weight is 329 g/mol. The van der Waals surface area contributed by atoms with E-state index >= 15 is 0 Å². The van der Waals surface area contributed by atoms with Crippen molar-refractivity contribution in [2.75, 3.05) is 26.4 Å². The van der Waals surface area contributed by atoms with Gasteiger partial charge in [-0.2, -0.15) is 5.10 Å². The van der Waals surface area contributed by atoms with Gasteiger partial charge in [0.15, 0.2) is 0 Å². The fourth-order valence-corrected chi connectivity index (χ4v) is 4.03. The smallest absolute Gasteiger partial charge is 0.0741 e. The molecular weight excluding hydrogens is 302 g/mol. The molecular formula is C19H27N3O2. The molecule has 4 rings (SSSR count). The largest absolute Gasteiger partial charge is 0.381 e. The molecule has 1 spiro atoms. The lowest BCUT2D eigenvalue weighted by Gasteiger charge is -2.43. The molecule has 2 saturated heterocycles. The molecule has 3 heterocycles. The normalized spacial score (nSPS) is 23.8. The number of hydrogen-bond donors (Lipinski definition) is 1. The van der Waals surface area contributed by atoms with Crippen LogP contribution in [0.3, 0.4) is 0 Å². The van der Waals surface area contributed by atoms with Gasteiger partial charge in [-0.3, -0.25) is 4.68 Å². The molecule has 0 amide bonds. The second-order valence-corrected chi connectivity index (χ2v) is 7.07. The van der Waals surface area contributed by atoms with Crippen molar-refractivity contribution in [2.45, 2.75) is 50.3 Å². The third-order valence-corrected chi connectivity index (χ3v) is 5.43. The zero-order chi connectivity index (χ0) is 16.2. The van der Waals surface area contributed by atoms with E-state index in [0.717, 1.165) is 65.0 Å². The Bertz CT molecular complexity index is 658.